The number of sulfonamides is 1. The van der Waals surface area contributed by atoms with Crippen LogP contribution in [0.2, 0.25) is 0 Å². The largest absolute Gasteiger partial charge is 0.367 e. The van der Waals surface area contributed by atoms with Crippen LogP contribution in [0.15, 0.2) is 54.9 Å². The Morgan fingerprint density at radius 2 is 1.67 bits per heavy atom. The van der Waals surface area contributed by atoms with Crippen LogP contribution in [-0.4, -0.2) is 36.3 Å². The van der Waals surface area contributed by atoms with Crippen LogP contribution in [-0.2, 0) is 15.8 Å². The molecule has 0 unspecified atom stereocenters. The molecule has 142 valence electrons. The number of rotatable bonds is 8. The molecule has 2 N–H and O–H groups in total. The Morgan fingerprint density at radius 1 is 0.963 bits per heavy atom. The second kappa shape index (κ2) is 8.23. The minimum atomic E-state index is -3.72. The Balaban J connectivity index is 1.47. The molecule has 27 heavy (non-hydrogen) atoms. The van der Waals surface area contributed by atoms with E-state index in [4.69, 9.17) is 0 Å². The summed E-state index contributed by atoms with van der Waals surface area (Å²) in [5.74, 6) is -0.981. The summed E-state index contributed by atoms with van der Waals surface area (Å²) in [6, 6.07) is 9.92. The van der Waals surface area contributed by atoms with Gasteiger partial charge in [-0.15, -0.1) is 10.2 Å². The first-order valence-electron chi connectivity index (χ1n) is 8.04. The van der Waals surface area contributed by atoms with E-state index in [1.54, 1.807) is 16.7 Å². The van der Waals surface area contributed by atoms with Crippen molar-refractivity contribution in [2.75, 3.05) is 18.4 Å². The molecule has 0 bridgehead atoms. The van der Waals surface area contributed by atoms with Crippen molar-refractivity contribution in [3.05, 3.63) is 72.1 Å². The lowest BCUT2D eigenvalue weighted by Crippen LogP contribution is -2.30. The molecule has 0 aliphatic carbocycles. The molecule has 3 rings (SSSR count). The Hall–Kier alpha value is -2.85. The highest BCUT2D eigenvalue weighted by molar-refractivity contribution is 7.88. The van der Waals surface area contributed by atoms with E-state index in [-0.39, 0.29) is 18.7 Å². The summed E-state index contributed by atoms with van der Waals surface area (Å²) in [4.78, 5) is 0. The van der Waals surface area contributed by atoms with Gasteiger partial charge < -0.3 is 9.88 Å². The third-order valence-corrected chi connectivity index (χ3v) is 4.91. The fraction of sp³-hybridized carbons (Fsp3) is 0.176. The van der Waals surface area contributed by atoms with Crippen LogP contribution >= 0.6 is 0 Å². The van der Waals surface area contributed by atoms with Gasteiger partial charge in [0.1, 0.15) is 17.5 Å². The van der Waals surface area contributed by atoms with E-state index in [2.05, 4.69) is 20.2 Å². The first kappa shape index (κ1) is 18.9. The third kappa shape index (κ3) is 5.56. The summed E-state index contributed by atoms with van der Waals surface area (Å²) >= 11 is 0. The van der Waals surface area contributed by atoms with Crippen LogP contribution in [0, 0.1) is 11.6 Å². The average Bonchev–Trinajstić information content (AvgIpc) is 3.12. The standard InChI is InChI=1S/C17H17F2N5O2S/c18-14-9-13(10-15(19)11-14)12-27(25,26)21-6-5-20-16-3-4-17(23-22-16)24-7-1-2-8-24/h1-4,7-11,21H,5-6,12H2,(H,20,22). The van der Waals surface area contributed by atoms with Crippen molar-refractivity contribution >= 4 is 15.8 Å². The van der Waals surface area contributed by atoms with Crippen molar-refractivity contribution in [1.82, 2.24) is 19.5 Å². The molecular weight excluding hydrogens is 376 g/mol. The molecule has 2 heterocycles. The molecule has 10 heteroatoms. The molecule has 0 fully saturated rings. The lowest BCUT2D eigenvalue weighted by atomic mass is 10.2. The van der Waals surface area contributed by atoms with Gasteiger partial charge in [-0.3, -0.25) is 0 Å². The maximum absolute atomic E-state index is 13.1. The Kier molecular flexibility index (Phi) is 5.77. The van der Waals surface area contributed by atoms with Crippen LogP contribution in [0.5, 0.6) is 0 Å². The fourth-order valence-electron chi connectivity index (χ4n) is 2.41. The highest BCUT2D eigenvalue weighted by atomic mass is 32.2. The van der Waals surface area contributed by atoms with Gasteiger partial charge in [-0.2, -0.15) is 0 Å². The van der Waals surface area contributed by atoms with E-state index in [1.807, 2.05) is 24.5 Å². The molecule has 1 aromatic carbocycles. The highest BCUT2D eigenvalue weighted by Crippen LogP contribution is 2.11. The van der Waals surface area contributed by atoms with Gasteiger partial charge in [-0.25, -0.2) is 21.9 Å². The Bertz CT molecular complexity index is 972. The van der Waals surface area contributed by atoms with Crippen LogP contribution in [0.3, 0.4) is 0 Å². The van der Waals surface area contributed by atoms with Gasteiger partial charge in [0.25, 0.3) is 0 Å². The zero-order valence-electron chi connectivity index (χ0n) is 14.1. The maximum atomic E-state index is 13.1. The van der Waals surface area contributed by atoms with Crippen molar-refractivity contribution in [2.45, 2.75) is 5.75 Å². The van der Waals surface area contributed by atoms with Gasteiger partial charge in [-0.05, 0) is 42.0 Å². The number of benzene rings is 1. The summed E-state index contributed by atoms with van der Waals surface area (Å²) in [6.07, 6.45) is 3.69. The third-order valence-electron chi connectivity index (χ3n) is 3.55. The normalized spacial score (nSPS) is 11.5. The average molecular weight is 393 g/mol. The number of aromatic nitrogens is 3. The second-order valence-corrected chi connectivity index (χ2v) is 7.53. The lowest BCUT2D eigenvalue weighted by Gasteiger charge is -2.09. The van der Waals surface area contributed by atoms with Crippen molar-refractivity contribution in [2.24, 2.45) is 0 Å². The number of halogens is 2. The van der Waals surface area contributed by atoms with E-state index in [9.17, 15) is 17.2 Å². The zero-order chi connectivity index (χ0) is 19.3. The summed E-state index contributed by atoms with van der Waals surface area (Å²) in [6.45, 7) is 0.357. The van der Waals surface area contributed by atoms with Crippen molar-refractivity contribution < 1.29 is 17.2 Å². The van der Waals surface area contributed by atoms with Gasteiger partial charge >= 0.3 is 0 Å². The predicted molar refractivity (Wildman–Crippen MR) is 96.8 cm³/mol. The molecule has 0 amide bonds. The molecule has 0 aliphatic heterocycles. The molecule has 3 aromatic rings. The predicted octanol–water partition coefficient (Wildman–Crippen LogP) is 2.08. The van der Waals surface area contributed by atoms with Crippen molar-refractivity contribution in [3.8, 4) is 5.82 Å². The quantitative estimate of drug-likeness (QED) is 0.572. The lowest BCUT2D eigenvalue weighted by molar-refractivity contribution is 0.575. The first-order valence-corrected chi connectivity index (χ1v) is 9.70. The molecule has 0 saturated heterocycles. The van der Waals surface area contributed by atoms with Crippen LogP contribution in [0.25, 0.3) is 5.82 Å². The number of nitrogens with one attached hydrogen (secondary N) is 2. The van der Waals surface area contributed by atoms with E-state index >= 15 is 0 Å². The molecule has 0 radical (unpaired) electrons. The van der Waals surface area contributed by atoms with Crippen molar-refractivity contribution in [3.63, 3.8) is 0 Å². The highest BCUT2D eigenvalue weighted by Gasteiger charge is 2.12. The smallest absolute Gasteiger partial charge is 0.215 e. The van der Waals surface area contributed by atoms with Crippen molar-refractivity contribution in [1.29, 1.82) is 0 Å². The SMILES string of the molecule is O=S(=O)(Cc1cc(F)cc(F)c1)NCCNc1ccc(-n2cccc2)nn1. The molecule has 0 aliphatic rings. The van der Waals surface area contributed by atoms with E-state index in [1.165, 1.54) is 0 Å². The van der Waals surface area contributed by atoms with E-state index in [0.717, 1.165) is 12.1 Å². The molecule has 7 nitrogen and oxygen atoms in total. The van der Waals surface area contributed by atoms with E-state index < -0.39 is 27.4 Å². The number of anilines is 1. The second-order valence-electron chi connectivity index (χ2n) is 5.72. The first-order chi connectivity index (χ1) is 12.9. The monoisotopic (exact) mass is 393 g/mol. The summed E-state index contributed by atoms with van der Waals surface area (Å²) in [7, 11) is -3.72. The van der Waals surface area contributed by atoms with Crippen LogP contribution < -0.4 is 10.0 Å². The van der Waals surface area contributed by atoms with Crippen LogP contribution in [0.4, 0.5) is 14.6 Å². The summed E-state index contributed by atoms with van der Waals surface area (Å²) < 4.78 is 54.4. The number of hydrogen-bond acceptors (Lipinski definition) is 5. The van der Waals surface area contributed by atoms with Gasteiger partial charge in [0, 0.05) is 31.5 Å². The van der Waals surface area contributed by atoms with Gasteiger partial charge in [0.2, 0.25) is 10.0 Å². The minimum absolute atomic E-state index is 0.0411. The van der Waals surface area contributed by atoms with Gasteiger partial charge in [0.15, 0.2) is 5.82 Å². The summed E-state index contributed by atoms with van der Waals surface area (Å²) in [5.41, 5.74) is 0.0411. The zero-order valence-corrected chi connectivity index (χ0v) is 15.0. The Labute approximate surface area is 155 Å². The molecule has 0 saturated carbocycles. The number of nitrogens with zero attached hydrogens (tertiary/aromatic N) is 3. The van der Waals surface area contributed by atoms with Gasteiger partial charge in [-0.1, -0.05) is 0 Å². The molecule has 0 spiro atoms. The molecular formula is C17H17F2N5O2S. The molecule has 2 aromatic heterocycles. The van der Waals surface area contributed by atoms with Crippen LogP contribution in [0.1, 0.15) is 5.56 Å². The topological polar surface area (TPSA) is 88.9 Å². The number of hydrogen-bond donors (Lipinski definition) is 2. The molecule has 0 atom stereocenters. The van der Waals surface area contributed by atoms with Gasteiger partial charge in [0.05, 0.1) is 5.75 Å². The summed E-state index contributed by atoms with van der Waals surface area (Å²) in [5, 5.41) is 11.0. The fourth-order valence-corrected chi connectivity index (χ4v) is 3.53. The Morgan fingerprint density at radius 3 is 2.30 bits per heavy atom. The minimum Gasteiger partial charge on any atom is -0.367 e. The maximum Gasteiger partial charge on any atom is 0.215 e. The van der Waals surface area contributed by atoms with E-state index in [0.29, 0.717) is 17.7 Å².